The first kappa shape index (κ1) is 10.6. The van der Waals surface area contributed by atoms with Crippen molar-refractivity contribution in [1.82, 2.24) is 0 Å². The summed E-state index contributed by atoms with van der Waals surface area (Å²) in [5.41, 5.74) is 0. The average Bonchev–Trinajstić information content (AvgIpc) is 2.07. The van der Waals surface area contributed by atoms with Crippen molar-refractivity contribution in [3.63, 3.8) is 0 Å². The molecule has 0 aromatic heterocycles. The van der Waals surface area contributed by atoms with E-state index in [0.717, 1.165) is 13.2 Å². The molecule has 1 aliphatic rings. The minimum atomic E-state index is -1.32. The van der Waals surface area contributed by atoms with Gasteiger partial charge in [0.25, 0.3) is 0 Å². The van der Waals surface area contributed by atoms with Crippen molar-refractivity contribution in [2.75, 3.05) is 13.2 Å². The first-order valence-electron chi connectivity index (χ1n) is 4.63. The average molecular weight is 372 g/mol. The van der Waals surface area contributed by atoms with E-state index in [1.165, 1.54) is 23.7 Å². The van der Waals surface area contributed by atoms with E-state index < -0.39 is 33.8 Å². The minimum absolute atomic E-state index is 0.700. The Bertz CT molecular complexity index is 94.4. The third-order valence-electron chi connectivity index (χ3n) is 1.97. The molecule has 0 radical (unpaired) electrons. The molecule has 0 spiro atoms. The molecular weight excluding hydrogens is 353 g/mol. The fourth-order valence-corrected chi connectivity index (χ4v) is 29.4. The van der Waals surface area contributed by atoms with Crippen LogP contribution in [-0.4, -0.2) is 47.0 Å². The quantitative estimate of drug-likeness (QED) is 0.530. The van der Waals surface area contributed by atoms with E-state index in [1.54, 1.807) is 0 Å². The van der Waals surface area contributed by atoms with Gasteiger partial charge in [0.2, 0.25) is 0 Å². The van der Waals surface area contributed by atoms with E-state index in [4.69, 9.17) is 6.15 Å². The second kappa shape index (κ2) is 6.97. The number of hydrogen-bond acceptors (Lipinski definition) is 2. The molecule has 0 aliphatic carbocycles. The predicted molar refractivity (Wildman–Crippen MR) is 51.9 cm³/mol. The SMILES string of the molecule is CCCC[O][SnH]1[CH2]CC[O][SnH2]1. The van der Waals surface area contributed by atoms with Crippen molar-refractivity contribution >= 4 is 33.8 Å². The van der Waals surface area contributed by atoms with Gasteiger partial charge in [-0.3, -0.25) is 0 Å². The molecule has 1 heterocycles. The summed E-state index contributed by atoms with van der Waals surface area (Å²) >= 11 is -2.02. The van der Waals surface area contributed by atoms with Crippen molar-refractivity contribution in [3.05, 3.63) is 0 Å². The van der Waals surface area contributed by atoms with Gasteiger partial charge in [-0.25, -0.2) is 0 Å². The van der Waals surface area contributed by atoms with E-state index in [-0.39, 0.29) is 0 Å². The fourth-order valence-electron chi connectivity index (χ4n) is 1.24. The Balaban J connectivity index is 1.96. The molecule has 1 fully saturated rings. The van der Waals surface area contributed by atoms with E-state index >= 15 is 0 Å². The van der Waals surface area contributed by atoms with Crippen LogP contribution in [0, 0.1) is 0 Å². The summed E-state index contributed by atoms with van der Waals surface area (Å²) in [5, 5.41) is 0. The Morgan fingerprint density at radius 2 is 2.55 bits per heavy atom. The molecular formula is C7H18O2Sn2. The zero-order valence-corrected chi connectivity index (χ0v) is 14.7. The van der Waals surface area contributed by atoms with Gasteiger partial charge >= 0.3 is 83.8 Å². The molecule has 0 saturated carbocycles. The van der Waals surface area contributed by atoms with E-state index in [0.29, 0.717) is 0 Å². The van der Waals surface area contributed by atoms with E-state index in [2.05, 4.69) is 6.92 Å². The van der Waals surface area contributed by atoms with E-state index in [1.807, 2.05) is 0 Å². The number of hydrogen-bond donors (Lipinski definition) is 0. The van der Waals surface area contributed by atoms with Crippen LogP contribution in [-0.2, 0) is 6.15 Å². The molecule has 0 bridgehead atoms. The van der Waals surface area contributed by atoms with Gasteiger partial charge in [-0.2, -0.15) is 0 Å². The normalized spacial score (nSPS) is 27.5. The van der Waals surface area contributed by atoms with Gasteiger partial charge in [0.15, 0.2) is 0 Å². The summed E-state index contributed by atoms with van der Waals surface area (Å²) in [6.45, 7) is 4.34. The Labute approximate surface area is 83.1 Å². The molecule has 2 nitrogen and oxygen atoms in total. The van der Waals surface area contributed by atoms with Crippen LogP contribution in [0.5, 0.6) is 0 Å². The molecule has 1 unspecified atom stereocenters. The van der Waals surface area contributed by atoms with Gasteiger partial charge in [-0.15, -0.1) is 0 Å². The van der Waals surface area contributed by atoms with Crippen LogP contribution in [0.25, 0.3) is 0 Å². The van der Waals surface area contributed by atoms with Crippen LogP contribution in [0.1, 0.15) is 26.2 Å². The topological polar surface area (TPSA) is 18.5 Å². The molecule has 1 rings (SSSR count). The van der Waals surface area contributed by atoms with Crippen LogP contribution >= 0.6 is 0 Å². The zero-order chi connectivity index (χ0) is 7.94. The molecule has 66 valence electrons. The Morgan fingerprint density at radius 3 is 3.18 bits per heavy atom. The Hall–Kier alpha value is 1.52. The van der Waals surface area contributed by atoms with Gasteiger partial charge in [-0.1, -0.05) is 0 Å². The first-order chi connectivity index (χ1) is 5.43. The summed E-state index contributed by atoms with van der Waals surface area (Å²) < 4.78 is 13.0. The summed E-state index contributed by atoms with van der Waals surface area (Å²) in [4.78, 5) is 0. The predicted octanol–water partition coefficient (Wildman–Crippen LogP) is 0.528. The molecule has 0 aromatic carbocycles. The van der Waals surface area contributed by atoms with Crippen LogP contribution in [0.15, 0.2) is 0 Å². The Morgan fingerprint density at radius 1 is 1.64 bits per heavy atom. The maximum absolute atomic E-state index is 5.90. The fraction of sp³-hybridized carbons (Fsp3) is 1.00. The molecule has 1 aliphatic heterocycles. The second-order valence-electron chi connectivity index (χ2n) is 3.06. The summed E-state index contributed by atoms with van der Waals surface area (Å²) in [6.07, 6.45) is 3.85. The molecule has 1 saturated heterocycles. The third kappa shape index (κ3) is 4.95. The molecule has 11 heavy (non-hydrogen) atoms. The third-order valence-corrected chi connectivity index (χ3v) is 33.5. The van der Waals surface area contributed by atoms with Crippen molar-refractivity contribution in [1.29, 1.82) is 0 Å². The van der Waals surface area contributed by atoms with Crippen LogP contribution in [0.2, 0.25) is 4.44 Å². The van der Waals surface area contributed by atoms with Crippen LogP contribution in [0.4, 0.5) is 0 Å². The monoisotopic (exact) mass is 374 g/mol. The van der Waals surface area contributed by atoms with Gasteiger partial charge in [-0.05, 0) is 0 Å². The second-order valence-corrected chi connectivity index (χ2v) is 35.1. The van der Waals surface area contributed by atoms with Crippen molar-refractivity contribution in [3.8, 4) is 0 Å². The van der Waals surface area contributed by atoms with Gasteiger partial charge in [0, 0.05) is 0 Å². The van der Waals surface area contributed by atoms with Crippen molar-refractivity contribution in [2.45, 2.75) is 30.6 Å². The van der Waals surface area contributed by atoms with Crippen molar-refractivity contribution < 1.29 is 6.15 Å². The maximum atomic E-state index is 5.90. The van der Waals surface area contributed by atoms with Gasteiger partial charge in [0.1, 0.15) is 0 Å². The van der Waals surface area contributed by atoms with Crippen LogP contribution in [0.3, 0.4) is 0 Å². The molecule has 0 N–H and O–H groups in total. The zero-order valence-electron chi connectivity index (χ0n) is 7.34. The summed E-state index contributed by atoms with van der Waals surface area (Å²) in [5.74, 6) is 0. The standard InChI is InChI=1S/C4H9O.C3H6O.2Sn.3H/c1-2-3-4-5;1-2-3-4;;;;;/h2-4H2,1H3;1-3H2;;;;;/q2*-1;2*+1;;;. The molecule has 4 heteroatoms. The summed E-state index contributed by atoms with van der Waals surface area (Å²) in [6, 6.07) is 0. The molecule has 0 aromatic rings. The van der Waals surface area contributed by atoms with Crippen LogP contribution < -0.4 is 0 Å². The molecule has 0 amide bonds. The number of rotatable bonds is 4. The van der Waals surface area contributed by atoms with Crippen molar-refractivity contribution in [2.24, 2.45) is 0 Å². The molecule has 1 atom stereocenters. The Kier molecular flexibility index (Phi) is 6.72. The first-order valence-corrected chi connectivity index (χ1v) is 27.9. The van der Waals surface area contributed by atoms with Gasteiger partial charge in [0.05, 0.1) is 0 Å². The number of unbranched alkanes of at least 4 members (excludes halogenated alkanes) is 1. The van der Waals surface area contributed by atoms with Gasteiger partial charge < -0.3 is 0 Å². The van der Waals surface area contributed by atoms with E-state index in [9.17, 15) is 0 Å². The summed E-state index contributed by atoms with van der Waals surface area (Å²) in [7, 11) is 0.